The Balaban J connectivity index is 6.18. The summed E-state index contributed by atoms with van der Waals surface area (Å²) in [7, 11) is 0. The number of hydrogen-bond acceptors (Lipinski definition) is 21. The van der Waals surface area contributed by atoms with Crippen molar-refractivity contribution in [1.29, 1.82) is 0 Å². The van der Waals surface area contributed by atoms with Gasteiger partial charge in [0.25, 0.3) is 0 Å². The number of nitrogens with one attached hydrogen (secondary N) is 11. The van der Waals surface area contributed by atoms with Gasteiger partial charge in [0.15, 0.2) is 0 Å². The van der Waals surface area contributed by atoms with Crippen LogP contribution in [0.2, 0.25) is 0 Å². The molecule has 0 aromatic rings. The molecule has 37 heteroatoms. The minimum atomic E-state index is -1.97. The van der Waals surface area contributed by atoms with Crippen molar-refractivity contribution in [3.63, 3.8) is 0 Å². The van der Waals surface area contributed by atoms with Crippen LogP contribution in [0.1, 0.15) is 92.9 Å². The van der Waals surface area contributed by atoms with Crippen molar-refractivity contribution in [1.82, 2.24) is 58.5 Å². The first-order valence-electron chi connectivity index (χ1n) is 25.8. The topological polar surface area (TPSA) is 585 Å². The molecule has 0 aliphatic rings. The maximum Gasteiger partial charge on any atom is 0.327 e. The quantitative estimate of drug-likeness (QED) is 0.0200. The number of aliphatic hydroxyl groups excluding tert-OH is 1. The molecule has 0 unspecified atom stereocenters. The molecule has 0 radical (unpaired) electrons. The monoisotopic (exact) mass is 1240 g/mol. The second-order valence-electron chi connectivity index (χ2n) is 19.6. The zero-order chi connectivity index (χ0) is 64.9. The average molecular weight is 1240 g/mol. The predicted molar refractivity (Wildman–Crippen MR) is 296 cm³/mol. The molecule has 0 aromatic carbocycles. The number of carbonyl (C=O) groups excluding carboxylic acids is 12. The Morgan fingerprint density at radius 2 is 0.893 bits per heavy atom. The molecule has 0 aliphatic carbocycles. The van der Waals surface area contributed by atoms with Gasteiger partial charge in [0.2, 0.25) is 70.9 Å². The van der Waals surface area contributed by atoms with Crippen LogP contribution in [0.5, 0.6) is 0 Å². The zero-order valence-corrected chi connectivity index (χ0v) is 48.6. The van der Waals surface area contributed by atoms with Crippen LogP contribution >= 0.6 is 25.3 Å². The van der Waals surface area contributed by atoms with E-state index in [-0.39, 0.29) is 25.8 Å². The third-order valence-electron chi connectivity index (χ3n) is 12.0. The molecule has 474 valence electrons. The Bertz CT molecular complexity index is 2420. The number of rotatable bonds is 40. The van der Waals surface area contributed by atoms with Gasteiger partial charge in [-0.2, -0.15) is 25.3 Å². The highest BCUT2D eigenvalue weighted by Gasteiger charge is 2.38. The molecule has 0 saturated heterocycles. The highest BCUT2D eigenvalue weighted by Crippen LogP contribution is 2.16. The van der Waals surface area contributed by atoms with Crippen LogP contribution in [0.4, 0.5) is 0 Å². The summed E-state index contributed by atoms with van der Waals surface area (Å²) in [6.07, 6.45) is -3.47. The van der Waals surface area contributed by atoms with Crippen LogP contribution in [0, 0.1) is 5.92 Å². The van der Waals surface area contributed by atoms with Crippen LogP contribution in [-0.2, 0) is 76.7 Å². The molecule has 0 saturated carbocycles. The lowest BCUT2D eigenvalue weighted by molar-refractivity contribution is -0.143. The first-order valence-corrected chi connectivity index (χ1v) is 26.9. The van der Waals surface area contributed by atoms with Gasteiger partial charge in [-0.25, -0.2) is 4.79 Å². The van der Waals surface area contributed by atoms with Crippen molar-refractivity contribution >= 4 is 120 Å². The van der Waals surface area contributed by atoms with Gasteiger partial charge in [0.05, 0.1) is 44.9 Å². The third kappa shape index (κ3) is 28.4. The third-order valence-corrected chi connectivity index (χ3v) is 12.7. The number of primary amides is 1. The molecule has 35 nitrogen and oxygen atoms in total. The highest BCUT2D eigenvalue weighted by molar-refractivity contribution is 7.81. The number of hydrogen-bond donors (Lipinski definition) is 21. The molecule has 0 rings (SSSR count). The van der Waals surface area contributed by atoms with Crippen molar-refractivity contribution in [3.05, 3.63) is 0 Å². The normalized spacial score (nSPS) is 15.4. The Morgan fingerprint density at radius 3 is 1.32 bits per heavy atom. The van der Waals surface area contributed by atoms with E-state index in [1.54, 1.807) is 6.92 Å². The summed E-state index contributed by atoms with van der Waals surface area (Å²) < 4.78 is -1.12. The first kappa shape index (κ1) is 76.1. The molecule has 0 bridgehead atoms. The molecule has 12 amide bonds. The lowest BCUT2D eigenvalue weighted by Gasteiger charge is -2.28. The number of carboxylic acid groups (broad SMARTS) is 4. The standard InChI is InChI=1S/C47H78N14O21S2/c1-7-19(2)34(61-43(78)23(12-29(49)63)54-30(64)16-51-38(73)27(17-62)59-41(76)26(15-33(69)70)58-45(80)35(50)47(5,6)84)44(79)57-24(13-31(65)66)40(75)53-20(3)36(71)52-21(4)37(72)55-22(10-8-9-11-48)39(74)56-25(14-32(67)68)42(77)60-28(18-83)46(81)82/h19-28,34-35,62,83-84H,7-18,48,50H2,1-6H3,(H2,49,63)(H,51,73)(H,52,71)(H,53,75)(H,54,64)(H,55,72)(H,56,74)(H,57,79)(H,58,80)(H,59,76)(H,60,77)(H,61,78)(H,65,66)(H,67,68)(H,69,70)(H,81,82)/t19-,20-,21-,22-,23-,24-,25-,26-,27-,28-,34-,35+/m0/s1. The summed E-state index contributed by atoms with van der Waals surface area (Å²) in [5, 5.41) is 71.4. The lowest BCUT2D eigenvalue weighted by atomic mass is 9.97. The number of thiol groups is 2. The summed E-state index contributed by atoms with van der Waals surface area (Å²) in [5.74, 6) is -21.4. The van der Waals surface area contributed by atoms with Crippen molar-refractivity contribution in [3.8, 4) is 0 Å². The van der Waals surface area contributed by atoms with E-state index in [1.807, 2.05) is 10.6 Å². The van der Waals surface area contributed by atoms with E-state index < -0.39 is 216 Å². The van der Waals surface area contributed by atoms with Crippen molar-refractivity contribution in [2.45, 2.75) is 164 Å². The van der Waals surface area contributed by atoms with Gasteiger partial charge >= 0.3 is 23.9 Å². The SMILES string of the molecule is CC[C@H](C)[C@H](NC(=O)[C@H](CC(N)=O)NC(=O)CNC(=O)[C@H](CO)NC(=O)[C@H](CC(=O)O)NC(=O)[C@@H](N)C(C)(C)S)C(=O)N[C@@H](CC(=O)O)C(=O)N[C@@H](C)C(=O)N[C@@H](C)C(=O)N[C@@H](CCCCN)C(=O)N[C@@H](CC(=O)O)C(=O)N[C@@H](CS)C(=O)O. The fourth-order valence-electron chi connectivity index (χ4n) is 6.94. The Kier molecular flexibility index (Phi) is 33.8. The summed E-state index contributed by atoms with van der Waals surface area (Å²) in [5.41, 5.74) is 16.7. The first-order chi connectivity index (χ1) is 38.9. The van der Waals surface area contributed by atoms with Gasteiger partial charge in [-0.05, 0) is 59.4 Å². The van der Waals surface area contributed by atoms with Crippen molar-refractivity contribution < 1.29 is 102 Å². The number of aliphatic hydroxyl groups is 1. The second kappa shape index (κ2) is 37.3. The smallest absolute Gasteiger partial charge is 0.327 e. The number of amides is 12. The molecule has 0 fully saturated rings. The largest absolute Gasteiger partial charge is 0.481 e. The molecule has 0 spiro atoms. The van der Waals surface area contributed by atoms with Gasteiger partial charge in [0, 0.05) is 10.5 Å². The van der Waals surface area contributed by atoms with Crippen LogP contribution in [0.3, 0.4) is 0 Å². The van der Waals surface area contributed by atoms with E-state index in [9.17, 15) is 102 Å². The van der Waals surface area contributed by atoms with Crippen LogP contribution in [0.25, 0.3) is 0 Å². The summed E-state index contributed by atoms with van der Waals surface area (Å²) >= 11 is 8.01. The van der Waals surface area contributed by atoms with Gasteiger partial charge in [-0.15, -0.1) is 0 Å². The molecule has 12 atom stereocenters. The van der Waals surface area contributed by atoms with Gasteiger partial charge < -0.3 is 101 Å². The van der Waals surface area contributed by atoms with E-state index in [2.05, 4.69) is 73.1 Å². The van der Waals surface area contributed by atoms with E-state index >= 15 is 0 Å². The van der Waals surface area contributed by atoms with E-state index in [0.717, 1.165) is 13.8 Å². The number of unbranched alkanes of at least 4 members (excludes halogenated alkanes) is 1. The van der Waals surface area contributed by atoms with Crippen LogP contribution < -0.4 is 75.7 Å². The number of carbonyl (C=O) groups is 16. The summed E-state index contributed by atoms with van der Waals surface area (Å²) in [6, 6.07) is -18.4. The molecule has 84 heavy (non-hydrogen) atoms. The van der Waals surface area contributed by atoms with E-state index in [1.165, 1.54) is 20.8 Å². The summed E-state index contributed by atoms with van der Waals surface area (Å²) in [4.78, 5) is 204. The Labute approximate surface area is 491 Å². The molecular weight excluding hydrogens is 1160 g/mol. The number of nitrogens with two attached hydrogens (primary N) is 3. The second-order valence-corrected chi connectivity index (χ2v) is 21.1. The van der Waals surface area contributed by atoms with Crippen molar-refractivity contribution in [2.24, 2.45) is 23.1 Å². The fourth-order valence-corrected chi connectivity index (χ4v) is 7.30. The van der Waals surface area contributed by atoms with Gasteiger partial charge in [-0.1, -0.05) is 20.3 Å². The predicted octanol–water partition coefficient (Wildman–Crippen LogP) is -8.49. The summed E-state index contributed by atoms with van der Waals surface area (Å²) in [6.45, 7) is 6.23. The van der Waals surface area contributed by atoms with Gasteiger partial charge in [0.1, 0.15) is 60.4 Å². The molecule has 0 aliphatic heterocycles. The van der Waals surface area contributed by atoms with E-state index in [0.29, 0.717) is 6.42 Å². The Morgan fingerprint density at radius 1 is 0.500 bits per heavy atom. The maximum atomic E-state index is 13.8. The zero-order valence-electron chi connectivity index (χ0n) is 46.8. The number of carboxylic acids is 4. The van der Waals surface area contributed by atoms with E-state index in [4.69, 9.17) is 17.2 Å². The average Bonchev–Trinajstić information content (AvgIpc) is 3.47. The van der Waals surface area contributed by atoms with Crippen LogP contribution in [0.15, 0.2) is 0 Å². The number of aliphatic carboxylic acids is 4. The maximum absolute atomic E-state index is 13.8. The highest BCUT2D eigenvalue weighted by atomic mass is 32.1. The lowest BCUT2D eigenvalue weighted by Crippen LogP contribution is -2.61. The van der Waals surface area contributed by atoms with Crippen molar-refractivity contribution in [2.75, 3.05) is 25.4 Å². The molecule has 22 N–H and O–H groups in total. The molecular formula is C47H78N14O21S2. The minimum absolute atomic E-state index is 0.122. The van der Waals surface area contributed by atoms with Gasteiger partial charge in [-0.3, -0.25) is 71.9 Å². The minimum Gasteiger partial charge on any atom is -0.481 e. The molecule has 0 heterocycles. The molecule has 0 aromatic heterocycles. The Hall–Kier alpha value is -7.90. The van der Waals surface area contributed by atoms with Crippen LogP contribution in [-0.4, -0.2) is 217 Å². The fraction of sp³-hybridized carbons (Fsp3) is 0.660.